The lowest BCUT2D eigenvalue weighted by molar-refractivity contribution is 0.0945. The molecule has 2 aromatic rings. The fourth-order valence-corrected chi connectivity index (χ4v) is 1.82. The van der Waals surface area contributed by atoms with Crippen LogP contribution in [0.4, 0.5) is 10.2 Å². The first-order valence-corrected chi connectivity index (χ1v) is 6.93. The van der Waals surface area contributed by atoms with E-state index in [-0.39, 0.29) is 18.3 Å². The van der Waals surface area contributed by atoms with Crippen molar-refractivity contribution in [2.24, 2.45) is 0 Å². The first kappa shape index (κ1) is 15.0. The van der Waals surface area contributed by atoms with Crippen LogP contribution in [0.3, 0.4) is 0 Å². The number of nitrogens with one attached hydrogen (secondary N) is 2. The zero-order valence-electron chi connectivity index (χ0n) is 11.9. The number of carbonyl (C=O) groups is 1. The number of anilines is 1. The summed E-state index contributed by atoms with van der Waals surface area (Å²) in [6, 6.07) is 11.6. The van der Waals surface area contributed by atoms with E-state index in [0.29, 0.717) is 17.1 Å². The molecule has 5 heteroatoms. The Morgan fingerprint density at radius 1 is 1.19 bits per heavy atom. The minimum absolute atomic E-state index is 0.139. The molecule has 0 unspecified atom stereocenters. The second-order valence-corrected chi connectivity index (χ2v) is 4.61. The van der Waals surface area contributed by atoms with Gasteiger partial charge in [0.2, 0.25) is 0 Å². The third-order valence-electron chi connectivity index (χ3n) is 2.94. The summed E-state index contributed by atoms with van der Waals surface area (Å²) in [5, 5.41) is 5.79. The summed E-state index contributed by atoms with van der Waals surface area (Å²) in [7, 11) is 0. The van der Waals surface area contributed by atoms with Crippen molar-refractivity contribution in [3.8, 4) is 0 Å². The number of rotatable bonds is 6. The maximum absolute atomic E-state index is 13.5. The third kappa shape index (κ3) is 4.27. The maximum atomic E-state index is 13.5. The summed E-state index contributed by atoms with van der Waals surface area (Å²) < 4.78 is 13.5. The standard InChI is InChI=1S/C16H18FN3O/c1-2-10-18-15-9-5-8-14(20-15)16(21)19-11-12-6-3-4-7-13(12)17/h3-9H,2,10-11H2,1H3,(H,18,20)(H,19,21). The van der Waals surface area contributed by atoms with E-state index < -0.39 is 0 Å². The number of pyridine rings is 1. The van der Waals surface area contributed by atoms with Crippen LogP contribution in [0.15, 0.2) is 42.5 Å². The van der Waals surface area contributed by atoms with Gasteiger partial charge >= 0.3 is 0 Å². The Morgan fingerprint density at radius 3 is 2.76 bits per heavy atom. The molecule has 0 atom stereocenters. The van der Waals surface area contributed by atoms with E-state index in [9.17, 15) is 9.18 Å². The van der Waals surface area contributed by atoms with Gasteiger partial charge in [0.25, 0.3) is 5.91 Å². The highest BCUT2D eigenvalue weighted by molar-refractivity contribution is 5.92. The first-order chi connectivity index (χ1) is 10.2. The molecular formula is C16H18FN3O. The molecule has 0 bridgehead atoms. The van der Waals surface area contributed by atoms with E-state index in [1.54, 1.807) is 30.3 Å². The fraction of sp³-hybridized carbons (Fsp3) is 0.250. The monoisotopic (exact) mass is 287 g/mol. The van der Waals surface area contributed by atoms with Gasteiger partial charge in [-0.3, -0.25) is 4.79 Å². The fourth-order valence-electron chi connectivity index (χ4n) is 1.82. The highest BCUT2D eigenvalue weighted by Crippen LogP contribution is 2.07. The van der Waals surface area contributed by atoms with Crippen molar-refractivity contribution < 1.29 is 9.18 Å². The molecule has 0 saturated heterocycles. The van der Waals surface area contributed by atoms with Gasteiger partial charge in [-0.2, -0.15) is 0 Å². The molecule has 1 amide bonds. The molecule has 1 heterocycles. The molecule has 2 rings (SSSR count). The van der Waals surface area contributed by atoms with Crippen molar-refractivity contribution in [3.05, 3.63) is 59.5 Å². The zero-order chi connectivity index (χ0) is 15.1. The highest BCUT2D eigenvalue weighted by Gasteiger charge is 2.09. The Balaban J connectivity index is 1.98. The molecule has 1 aromatic heterocycles. The molecule has 0 spiro atoms. The van der Waals surface area contributed by atoms with Gasteiger partial charge < -0.3 is 10.6 Å². The number of benzene rings is 1. The predicted octanol–water partition coefficient (Wildman–Crippen LogP) is 2.97. The lowest BCUT2D eigenvalue weighted by Gasteiger charge is -2.08. The quantitative estimate of drug-likeness (QED) is 0.859. The van der Waals surface area contributed by atoms with E-state index in [1.807, 2.05) is 6.07 Å². The van der Waals surface area contributed by atoms with E-state index >= 15 is 0 Å². The van der Waals surface area contributed by atoms with Gasteiger partial charge in [0.05, 0.1) is 0 Å². The van der Waals surface area contributed by atoms with Crippen molar-refractivity contribution in [3.63, 3.8) is 0 Å². The van der Waals surface area contributed by atoms with Crippen LogP contribution in [-0.2, 0) is 6.54 Å². The van der Waals surface area contributed by atoms with Crippen molar-refractivity contribution in [2.75, 3.05) is 11.9 Å². The van der Waals surface area contributed by atoms with Crippen molar-refractivity contribution in [2.45, 2.75) is 19.9 Å². The second kappa shape index (κ2) is 7.38. The summed E-state index contributed by atoms with van der Waals surface area (Å²) in [6.07, 6.45) is 0.978. The number of halogens is 1. The zero-order valence-corrected chi connectivity index (χ0v) is 11.9. The summed E-state index contributed by atoms with van der Waals surface area (Å²) in [6.45, 7) is 2.99. The Morgan fingerprint density at radius 2 is 2.00 bits per heavy atom. The molecule has 110 valence electrons. The molecule has 0 aliphatic carbocycles. The predicted molar refractivity (Wildman–Crippen MR) is 80.6 cm³/mol. The van der Waals surface area contributed by atoms with Crippen LogP contribution in [0.5, 0.6) is 0 Å². The van der Waals surface area contributed by atoms with Crippen LogP contribution >= 0.6 is 0 Å². The summed E-state index contributed by atoms with van der Waals surface area (Å²) in [5.41, 5.74) is 0.763. The Labute approximate surface area is 123 Å². The molecule has 0 aliphatic rings. The van der Waals surface area contributed by atoms with Gasteiger partial charge in [-0.1, -0.05) is 31.2 Å². The summed E-state index contributed by atoms with van der Waals surface area (Å²) >= 11 is 0. The Bertz CT molecular complexity index is 616. The van der Waals surface area contributed by atoms with E-state index in [4.69, 9.17) is 0 Å². The smallest absolute Gasteiger partial charge is 0.270 e. The molecular weight excluding hydrogens is 269 g/mol. The molecule has 21 heavy (non-hydrogen) atoms. The van der Waals surface area contributed by atoms with Crippen LogP contribution in [0, 0.1) is 5.82 Å². The molecule has 4 nitrogen and oxygen atoms in total. The number of aromatic nitrogens is 1. The van der Waals surface area contributed by atoms with Gasteiger partial charge in [-0.15, -0.1) is 0 Å². The lowest BCUT2D eigenvalue weighted by atomic mass is 10.2. The van der Waals surface area contributed by atoms with Crippen LogP contribution < -0.4 is 10.6 Å². The Kier molecular flexibility index (Phi) is 5.26. The summed E-state index contributed by atoms with van der Waals surface area (Å²) in [4.78, 5) is 16.3. The minimum Gasteiger partial charge on any atom is -0.370 e. The van der Waals surface area contributed by atoms with E-state index in [2.05, 4.69) is 22.5 Å². The van der Waals surface area contributed by atoms with Crippen molar-refractivity contribution >= 4 is 11.7 Å². The number of hydrogen-bond donors (Lipinski definition) is 2. The highest BCUT2D eigenvalue weighted by atomic mass is 19.1. The van der Waals surface area contributed by atoms with Gasteiger partial charge in [-0.25, -0.2) is 9.37 Å². The average molecular weight is 287 g/mol. The van der Waals surface area contributed by atoms with Gasteiger partial charge in [0, 0.05) is 18.7 Å². The van der Waals surface area contributed by atoms with E-state index in [1.165, 1.54) is 6.07 Å². The molecule has 0 fully saturated rings. The van der Waals surface area contributed by atoms with Gasteiger partial charge in [0.1, 0.15) is 17.3 Å². The number of hydrogen-bond acceptors (Lipinski definition) is 3. The van der Waals surface area contributed by atoms with Gasteiger partial charge in [-0.05, 0) is 24.6 Å². The molecule has 1 aromatic carbocycles. The maximum Gasteiger partial charge on any atom is 0.270 e. The SMILES string of the molecule is CCCNc1cccc(C(=O)NCc2ccccc2F)n1. The normalized spacial score (nSPS) is 10.2. The first-order valence-electron chi connectivity index (χ1n) is 6.93. The van der Waals surface area contributed by atoms with Crippen LogP contribution in [0.25, 0.3) is 0 Å². The van der Waals surface area contributed by atoms with Crippen LogP contribution in [0.1, 0.15) is 29.4 Å². The molecule has 2 N–H and O–H groups in total. The van der Waals surface area contributed by atoms with Crippen LogP contribution in [-0.4, -0.2) is 17.4 Å². The third-order valence-corrected chi connectivity index (χ3v) is 2.94. The van der Waals surface area contributed by atoms with E-state index in [0.717, 1.165) is 13.0 Å². The minimum atomic E-state index is -0.330. The van der Waals surface area contributed by atoms with Crippen LogP contribution in [0.2, 0.25) is 0 Å². The molecule has 0 radical (unpaired) electrons. The molecule has 0 aliphatic heterocycles. The Hall–Kier alpha value is -2.43. The topological polar surface area (TPSA) is 54.0 Å². The van der Waals surface area contributed by atoms with Crippen molar-refractivity contribution in [1.82, 2.24) is 10.3 Å². The molecule has 0 saturated carbocycles. The van der Waals surface area contributed by atoms with Gasteiger partial charge in [0.15, 0.2) is 0 Å². The van der Waals surface area contributed by atoms with Crippen molar-refractivity contribution in [1.29, 1.82) is 0 Å². The number of carbonyl (C=O) groups excluding carboxylic acids is 1. The second-order valence-electron chi connectivity index (χ2n) is 4.61. The lowest BCUT2D eigenvalue weighted by Crippen LogP contribution is -2.24. The average Bonchev–Trinajstić information content (AvgIpc) is 2.52. The number of nitrogens with zero attached hydrogens (tertiary/aromatic N) is 1. The summed E-state index contributed by atoms with van der Waals surface area (Å²) in [5.74, 6) is 0.0120. The number of amides is 1. The largest absolute Gasteiger partial charge is 0.370 e.